The third-order valence-electron chi connectivity index (χ3n) is 5.30. The van der Waals surface area contributed by atoms with Crippen LogP contribution in [0.2, 0.25) is 0 Å². The third kappa shape index (κ3) is 7.19. The number of nitrogens with zero attached hydrogens (tertiary/aromatic N) is 2. The van der Waals surface area contributed by atoms with Gasteiger partial charge < -0.3 is 15.4 Å². The number of rotatable bonds is 8. The molecule has 1 heterocycles. The zero-order valence-electron chi connectivity index (χ0n) is 17.6. The Balaban J connectivity index is 1.97. The van der Waals surface area contributed by atoms with Gasteiger partial charge in [0, 0.05) is 39.4 Å². The lowest BCUT2D eigenvalue weighted by Gasteiger charge is -2.40. The van der Waals surface area contributed by atoms with Crippen LogP contribution in [-0.2, 0) is 10.9 Å². The Bertz CT molecular complexity index is 634. The van der Waals surface area contributed by atoms with Crippen LogP contribution in [0.1, 0.15) is 43.4 Å². The summed E-state index contributed by atoms with van der Waals surface area (Å²) in [7, 11) is 3.77. The maximum atomic E-state index is 12.9. The molecule has 0 aromatic heterocycles. The summed E-state index contributed by atoms with van der Waals surface area (Å²) in [5, 5.41) is 6.66. The normalized spacial score (nSPS) is 21.2. The van der Waals surface area contributed by atoms with E-state index in [1.165, 1.54) is 12.1 Å². The summed E-state index contributed by atoms with van der Waals surface area (Å²) in [5.41, 5.74) is 0.317. The number of nitrogens with one attached hydrogen (secondary N) is 2. The molecule has 1 aliphatic rings. The van der Waals surface area contributed by atoms with Crippen molar-refractivity contribution in [3.8, 4) is 0 Å². The summed E-state index contributed by atoms with van der Waals surface area (Å²) in [4.78, 5) is 6.49. The molecule has 2 rings (SSSR count). The summed E-state index contributed by atoms with van der Waals surface area (Å²) >= 11 is 0. The smallest absolute Gasteiger partial charge is 0.382 e. The predicted molar refractivity (Wildman–Crippen MR) is 110 cm³/mol. The van der Waals surface area contributed by atoms with Crippen LogP contribution in [0.4, 0.5) is 13.2 Å². The van der Waals surface area contributed by atoms with Gasteiger partial charge in [0.05, 0.1) is 5.56 Å². The van der Waals surface area contributed by atoms with Crippen molar-refractivity contribution in [3.63, 3.8) is 0 Å². The molecule has 1 aromatic rings. The monoisotopic (exact) mass is 414 g/mol. The Morgan fingerprint density at radius 1 is 1.24 bits per heavy atom. The molecule has 1 aromatic carbocycles. The SMILES string of the molecule is CCOCCCNC(=NC)NCC1CCCN(C)C1c1ccc(C(F)(F)F)cc1. The molecule has 1 aliphatic heterocycles. The van der Waals surface area contributed by atoms with Crippen molar-refractivity contribution >= 4 is 5.96 Å². The lowest BCUT2D eigenvalue weighted by molar-refractivity contribution is -0.137. The number of benzene rings is 1. The maximum absolute atomic E-state index is 12.9. The Labute approximate surface area is 171 Å². The second-order valence-corrected chi connectivity index (χ2v) is 7.38. The number of halogens is 3. The van der Waals surface area contributed by atoms with Crippen molar-refractivity contribution in [2.24, 2.45) is 10.9 Å². The van der Waals surface area contributed by atoms with Crippen LogP contribution in [0, 0.1) is 5.92 Å². The van der Waals surface area contributed by atoms with Crippen LogP contribution in [0.15, 0.2) is 29.3 Å². The minimum Gasteiger partial charge on any atom is -0.382 e. The van der Waals surface area contributed by atoms with Crippen molar-refractivity contribution in [1.82, 2.24) is 15.5 Å². The number of likely N-dealkylation sites (tertiary alicyclic amines) is 1. The molecule has 2 N–H and O–H groups in total. The maximum Gasteiger partial charge on any atom is 0.416 e. The summed E-state index contributed by atoms with van der Waals surface area (Å²) in [6.45, 7) is 5.82. The molecule has 0 radical (unpaired) electrons. The molecule has 5 nitrogen and oxygen atoms in total. The van der Waals surface area contributed by atoms with Crippen LogP contribution in [0.3, 0.4) is 0 Å². The Morgan fingerprint density at radius 2 is 1.97 bits per heavy atom. The van der Waals surface area contributed by atoms with Crippen molar-refractivity contribution < 1.29 is 17.9 Å². The lowest BCUT2D eigenvalue weighted by Crippen LogP contribution is -2.45. The van der Waals surface area contributed by atoms with E-state index in [0.717, 1.165) is 43.9 Å². The molecule has 0 aliphatic carbocycles. The van der Waals surface area contributed by atoms with Crippen molar-refractivity contribution in [2.75, 3.05) is 46.9 Å². The van der Waals surface area contributed by atoms with Crippen LogP contribution >= 0.6 is 0 Å². The van der Waals surface area contributed by atoms with Crippen LogP contribution in [0.5, 0.6) is 0 Å². The number of aliphatic imine (C=N–C) groups is 1. The molecular weight excluding hydrogens is 381 g/mol. The number of guanidine groups is 1. The van der Waals surface area contributed by atoms with Gasteiger partial charge >= 0.3 is 6.18 Å². The van der Waals surface area contributed by atoms with Crippen LogP contribution < -0.4 is 10.6 Å². The quantitative estimate of drug-likeness (QED) is 0.387. The number of ether oxygens (including phenoxy) is 1. The van der Waals surface area contributed by atoms with Crippen LogP contribution in [0.25, 0.3) is 0 Å². The van der Waals surface area contributed by atoms with E-state index >= 15 is 0 Å². The Hall–Kier alpha value is -1.80. The summed E-state index contributed by atoms with van der Waals surface area (Å²) in [6, 6.07) is 5.67. The number of piperidine rings is 1. The minimum atomic E-state index is -4.31. The highest BCUT2D eigenvalue weighted by atomic mass is 19.4. The third-order valence-corrected chi connectivity index (χ3v) is 5.30. The van der Waals surface area contributed by atoms with Gasteiger partial charge in [-0.15, -0.1) is 0 Å². The second-order valence-electron chi connectivity index (χ2n) is 7.38. The molecule has 29 heavy (non-hydrogen) atoms. The highest BCUT2D eigenvalue weighted by Gasteiger charge is 2.33. The first-order valence-corrected chi connectivity index (χ1v) is 10.3. The van der Waals surface area contributed by atoms with E-state index < -0.39 is 11.7 Å². The molecule has 0 spiro atoms. The van der Waals surface area contributed by atoms with Gasteiger partial charge in [-0.3, -0.25) is 9.89 Å². The first-order valence-electron chi connectivity index (χ1n) is 10.3. The van der Waals surface area contributed by atoms with Gasteiger partial charge in [0.1, 0.15) is 0 Å². The van der Waals surface area contributed by atoms with E-state index in [1.54, 1.807) is 19.2 Å². The minimum absolute atomic E-state index is 0.0783. The summed E-state index contributed by atoms with van der Waals surface area (Å²) < 4.78 is 44.0. The van der Waals surface area contributed by atoms with Gasteiger partial charge in [0.15, 0.2) is 5.96 Å². The molecule has 164 valence electrons. The van der Waals surface area contributed by atoms with E-state index in [4.69, 9.17) is 4.74 Å². The van der Waals surface area contributed by atoms with E-state index in [0.29, 0.717) is 19.8 Å². The van der Waals surface area contributed by atoms with E-state index in [-0.39, 0.29) is 12.0 Å². The predicted octanol–water partition coefficient (Wildman–Crippen LogP) is 3.68. The number of hydrogen-bond donors (Lipinski definition) is 2. The fourth-order valence-electron chi connectivity index (χ4n) is 3.84. The number of hydrogen-bond acceptors (Lipinski definition) is 3. The van der Waals surface area contributed by atoms with Crippen molar-refractivity contribution in [2.45, 2.75) is 38.4 Å². The van der Waals surface area contributed by atoms with Gasteiger partial charge in [-0.25, -0.2) is 0 Å². The lowest BCUT2D eigenvalue weighted by atomic mass is 9.84. The first kappa shape index (κ1) is 23.5. The molecule has 0 bridgehead atoms. The highest BCUT2D eigenvalue weighted by Crippen LogP contribution is 2.36. The van der Waals surface area contributed by atoms with E-state index in [1.807, 2.05) is 14.0 Å². The standard InChI is InChI=1S/C21H33F3N4O/c1-4-29-14-6-12-26-20(25-2)27-15-17-7-5-13-28(3)19(17)16-8-10-18(11-9-16)21(22,23)24/h8-11,17,19H,4-7,12-15H2,1-3H3,(H2,25,26,27). The number of alkyl halides is 3. The summed E-state index contributed by atoms with van der Waals surface area (Å²) in [5.74, 6) is 1.02. The average molecular weight is 415 g/mol. The Morgan fingerprint density at radius 3 is 2.59 bits per heavy atom. The molecule has 1 fully saturated rings. The fraction of sp³-hybridized carbons (Fsp3) is 0.667. The van der Waals surface area contributed by atoms with Gasteiger partial charge in [-0.1, -0.05) is 12.1 Å². The van der Waals surface area contributed by atoms with Gasteiger partial charge in [0.25, 0.3) is 0 Å². The molecule has 0 saturated carbocycles. The fourth-order valence-corrected chi connectivity index (χ4v) is 3.84. The van der Waals surface area contributed by atoms with Gasteiger partial charge in [-0.05, 0) is 63.4 Å². The van der Waals surface area contributed by atoms with Crippen molar-refractivity contribution in [1.29, 1.82) is 0 Å². The van der Waals surface area contributed by atoms with E-state index in [9.17, 15) is 13.2 Å². The molecule has 2 atom stereocenters. The molecule has 1 saturated heterocycles. The van der Waals surface area contributed by atoms with Gasteiger partial charge in [0.2, 0.25) is 0 Å². The summed E-state index contributed by atoms with van der Waals surface area (Å²) in [6.07, 6.45) is -1.32. The van der Waals surface area contributed by atoms with Crippen LogP contribution in [-0.4, -0.2) is 57.8 Å². The zero-order valence-corrected chi connectivity index (χ0v) is 17.6. The van der Waals surface area contributed by atoms with Crippen molar-refractivity contribution in [3.05, 3.63) is 35.4 Å². The molecule has 0 amide bonds. The zero-order chi connectivity index (χ0) is 21.3. The molecule has 8 heteroatoms. The average Bonchev–Trinajstić information content (AvgIpc) is 2.69. The Kier molecular flexibility index (Phi) is 9.23. The highest BCUT2D eigenvalue weighted by molar-refractivity contribution is 5.79. The first-order chi connectivity index (χ1) is 13.9. The van der Waals surface area contributed by atoms with E-state index in [2.05, 4.69) is 20.5 Å². The second kappa shape index (κ2) is 11.4. The molecule has 2 unspecified atom stereocenters. The largest absolute Gasteiger partial charge is 0.416 e. The van der Waals surface area contributed by atoms with Gasteiger partial charge in [-0.2, -0.15) is 13.2 Å². The molecular formula is C21H33F3N4O. The topological polar surface area (TPSA) is 48.9 Å².